The van der Waals surface area contributed by atoms with Crippen molar-refractivity contribution >= 4 is 23.0 Å². The van der Waals surface area contributed by atoms with E-state index in [1.807, 2.05) is 0 Å². The van der Waals surface area contributed by atoms with E-state index in [4.69, 9.17) is 10.2 Å². The average molecular weight is 198 g/mol. The van der Waals surface area contributed by atoms with Gasteiger partial charge in [-0.05, 0) is 30.0 Å². The first-order valence-electron chi connectivity index (χ1n) is 3.34. The lowest BCUT2D eigenvalue weighted by molar-refractivity contribution is 0.0696. The molecule has 0 bridgehead atoms. The Hall–Kier alpha value is -1.49. The molecule has 0 heterocycles. The summed E-state index contributed by atoms with van der Waals surface area (Å²) in [5.41, 5.74) is 0.0891. The summed E-state index contributed by atoms with van der Waals surface area (Å²) < 4.78 is 0. The van der Waals surface area contributed by atoms with Gasteiger partial charge >= 0.3 is 11.3 Å². The van der Waals surface area contributed by atoms with Gasteiger partial charge in [-0.3, -0.25) is 0 Å². The van der Waals surface area contributed by atoms with Crippen LogP contribution in [-0.2, 0) is 0 Å². The highest BCUT2D eigenvalue weighted by atomic mass is 32.2. The van der Waals surface area contributed by atoms with Crippen LogP contribution in [0.25, 0.3) is 0 Å². The van der Waals surface area contributed by atoms with Crippen LogP contribution in [0.3, 0.4) is 0 Å². The van der Waals surface area contributed by atoms with E-state index in [0.29, 0.717) is 16.7 Å². The summed E-state index contributed by atoms with van der Waals surface area (Å²) in [6.07, 6.45) is 0. The van der Waals surface area contributed by atoms with Crippen LogP contribution < -0.4 is 0 Å². The van der Waals surface area contributed by atoms with Crippen LogP contribution in [0.2, 0.25) is 0 Å². The highest BCUT2D eigenvalue weighted by Gasteiger charge is 2.05. The van der Waals surface area contributed by atoms with E-state index in [0.717, 1.165) is 0 Å². The molecule has 0 fully saturated rings. The van der Waals surface area contributed by atoms with E-state index in [1.165, 1.54) is 18.2 Å². The molecule has 0 aliphatic heterocycles. The molecule has 1 rings (SSSR count). The molecule has 5 heteroatoms. The van der Waals surface area contributed by atoms with Crippen molar-refractivity contribution in [2.75, 3.05) is 0 Å². The number of thioether (sulfide) groups is 1. The largest absolute Gasteiger partial charge is 0.478 e. The predicted molar refractivity (Wildman–Crippen MR) is 47.3 cm³/mol. The molecule has 0 aliphatic rings. The van der Waals surface area contributed by atoms with Crippen molar-refractivity contribution < 1.29 is 19.8 Å². The minimum atomic E-state index is -1.06. The number of benzene rings is 1. The number of carboxylic acid groups (broad SMARTS) is 2. The van der Waals surface area contributed by atoms with Gasteiger partial charge in [0, 0.05) is 4.90 Å². The van der Waals surface area contributed by atoms with E-state index < -0.39 is 11.3 Å². The highest BCUT2D eigenvalue weighted by Crippen LogP contribution is 2.19. The smallest absolute Gasteiger partial charge is 0.369 e. The van der Waals surface area contributed by atoms with Gasteiger partial charge in [-0.2, -0.15) is 0 Å². The number of hydrogen-bond acceptors (Lipinski definition) is 3. The summed E-state index contributed by atoms with van der Waals surface area (Å²) in [6.45, 7) is 0. The third kappa shape index (κ3) is 2.79. The van der Waals surface area contributed by atoms with Crippen molar-refractivity contribution in [2.24, 2.45) is 0 Å². The van der Waals surface area contributed by atoms with Crippen molar-refractivity contribution in [2.45, 2.75) is 4.90 Å². The van der Waals surface area contributed by atoms with Crippen LogP contribution in [0.1, 0.15) is 10.4 Å². The van der Waals surface area contributed by atoms with Crippen LogP contribution >= 0.6 is 11.8 Å². The summed E-state index contributed by atoms with van der Waals surface area (Å²) in [5, 5.41) is 15.9. The maximum atomic E-state index is 10.5. The van der Waals surface area contributed by atoms with Crippen molar-refractivity contribution in [3.63, 3.8) is 0 Å². The predicted octanol–water partition coefficient (Wildman–Crippen LogP) is 2.15. The molecule has 0 aliphatic carbocycles. The van der Waals surface area contributed by atoms with E-state index in [2.05, 4.69) is 0 Å². The number of aromatic carboxylic acids is 1. The summed E-state index contributed by atoms with van der Waals surface area (Å²) in [7, 11) is 0. The van der Waals surface area contributed by atoms with Crippen LogP contribution in [0.4, 0.5) is 4.79 Å². The van der Waals surface area contributed by atoms with Gasteiger partial charge in [-0.1, -0.05) is 6.07 Å². The van der Waals surface area contributed by atoms with Gasteiger partial charge in [-0.25, -0.2) is 9.59 Å². The van der Waals surface area contributed by atoms with Gasteiger partial charge in [0.15, 0.2) is 0 Å². The summed E-state index contributed by atoms with van der Waals surface area (Å²) in [5.74, 6) is -1.06. The Morgan fingerprint density at radius 1 is 1.23 bits per heavy atom. The molecule has 0 unspecified atom stereocenters. The van der Waals surface area contributed by atoms with Crippen molar-refractivity contribution in [1.29, 1.82) is 0 Å². The van der Waals surface area contributed by atoms with E-state index in [-0.39, 0.29) is 5.56 Å². The SMILES string of the molecule is O=C(O)Sc1cccc(C(=O)O)c1. The fourth-order valence-corrected chi connectivity index (χ4v) is 1.33. The van der Waals surface area contributed by atoms with Gasteiger partial charge in [0.05, 0.1) is 5.56 Å². The molecule has 13 heavy (non-hydrogen) atoms. The molecule has 0 radical (unpaired) electrons. The number of carboxylic acids is 1. The third-order valence-electron chi connectivity index (χ3n) is 1.29. The van der Waals surface area contributed by atoms with Gasteiger partial charge < -0.3 is 10.2 Å². The van der Waals surface area contributed by atoms with Gasteiger partial charge in [0.1, 0.15) is 0 Å². The Labute approximate surface area is 78.2 Å². The second-order valence-electron chi connectivity index (χ2n) is 2.20. The van der Waals surface area contributed by atoms with Gasteiger partial charge in [0.25, 0.3) is 0 Å². The van der Waals surface area contributed by atoms with E-state index >= 15 is 0 Å². The monoisotopic (exact) mass is 198 g/mol. The standard InChI is InChI=1S/C8H6O4S/c9-7(10)5-2-1-3-6(4-5)13-8(11)12/h1-4H,(H,9,10)(H,11,12). The van der Waals surface area contributed by atoms with Crippen LogP contribution in [-0.4, -0.2) is 21.5 Å². The fraction of sp³-hybridized carbons (Fsp3) is 0. The quantitative estimate of drug-likeness (QED) is 0.712. The second kappa shape index (κ2) is 3.95. The van der Waals surface area contributed by atoms with E-state index in [1.54, 1.807) is 6.07 Å². The molecule has 1 aromatic rings. The van der Waals surface area contributed by atoms with Crippen LogP contribution in [0.15, 0.2) is 29.2 Å². The van der Waals surface area contributed by atoms with Crippen LogP contribution in [0.5, 0.6) is 0 Å². The minimum absolute atomic E-state index is 0.0891. The summed E-state index contributed by atoms with van der Waals surface area (Å²) >= 11 is 0.583. The second-order valence-corrected chi connectivity index (χ2v) is 3.23. The molecule has 2 N–H and O–H groups in total. The molecule has 0 saturated heterocycles. The maximum absolute atomic E-state index is 10.5. The molecule has 68 valence electrons. The van der Waals surface area contributed by atoms with Crippen molar-refractivity contribution in [3.8, 4) is 0 Å². The molecule has 0 aromatic heterocycles. The molecule has 0 atom stereocenters. The molecule has 1 aromatic carbocycles. The zero-order valence-corrected chi connectivity index (χ0v) is 7.25. The Morgan fingerprint density at radius 2 is 1.92 bits per heavy atom. The molecule has 0 spiro atoms. The number of rotatable bonds is 2. The molecule has 4 nitrogen and oxygen atoms in total. The van der Waals surface area contributed by atoms with Crippen LogP contribution in [0, 0.1) is 0 Å². The Bertz CT molecular complexity index is 348. The molecule has 0 amide bonds. The zero-order chi connectivity index (χ0) is 9.84. The molecule has 0 saturated carbocycles. The first kappa shape index (κ1) is 9.60. The average Bonchev–Trinajstić information content (AvgIpc) is 2.03. The van der Waals surface area contributed by atoms with Gasteiger partial charge in [0.2, 0.25) is 0 Å². The lowest BCUT2D eigenvalue weighted by Crippen LogP contribution is -1.95. The lowest BCUT2D eigenvalue weighted by atomic mass is 10.2. The fourth-order valence-electron chi connectivity index (χ4n) is 0.793. The Morgan fingerprint density at radius 3 is 2.46 bits per heavy atom. The van der Waals surface area contributed by atoms with E-state index in [9.17, 15) is 9.59 Å². The molecular weight excluding hydrogens is 192 g/mol. The topological polar surface area (TPSA) is 74.6 Å². The summed E-state index contributed by atoms with van der Waals surface area (Å²) in [4.78, 5) is 21.2. The van der Waals surface area contributed by atoms with Crippen molar-refractivity contribution in [1.82, 2.24) is 0 Å². The first-order valence-corrected chi connectivity index (χ1v) is 4.15. The highest BCUT2D eigenvalue weighted by molar-refractivity contribution is 8.13. The van der Waals surface area contributed by atoms with Gasteiger partial charge in [-0.15, -0.1) is 0 Å². The van der Waals surface area contributed by atoms with Crippen molar-refractivity contribution in [3.05, 3.63) is 29.8 Å². The third-order valence-corrected chi connectivity index (χ3v) is 1.95. The lowest BCUT2D eigenvalue weighted by Gasteiger charge is -1.97. The minimum Gasteiger partial charge on any atom is -0.478 e. The normalized spacial score (nSPS) is 9.54. The zero-order valence-electron chi connectivity index (χ0n) is 6.43. The Balaban J connectivity index is 2.91. The first-order chi connectivity index (χ1) is 6.09. The Kier molecular flexibility index (Phi) is 2.92. The molecular formula is C8H6O4S. The maximum Gasteiger partial charge on any atom is 0.369 e. The summed E-state index contributed by atoms with van der Waals surface area (Å²) in [6, 6.07) is 5.79. The number of hydrogen-bond donors (Lipinski definition) is 2. The number of carbonyl (C=O) groups is 2.